The smallest absolute Gasteiger partial charge is 0.141 e. The van der Waals surface area contributed by atoms with Crippen LogP contribution in [0.5, 0.6) is 0 Å². The number of hydrogen-bond donors (Lipinski definition) is 1. The van der Waals surface area contributed by atoms with Gasteiger partial charge >= 0.3 is 0 Å². The summed E-state index contributed by atoms with van der Waals surface area (Å²) in [5, 5.41) is 3.23. The molecular formula is C11H15ClFNO. The van der Waals surface area contributed by atoms with E-state index in [4.69, 9.17) is 16.3 Å². The first-order valence-electron chi connectivity index (χ1n) is 4.77. The topological polar surface area (TPSA) is 21.3 Å². The molecule has 1 atom stereocenters. The van der Waals surface area contributed by atoms with Crippen LogP contribution >= 0.6 is 11.6 Å². The number of halogens is 2. The average molecular weight is 232 g/mol. The molecule has 0 aliphatic rings. The van der Waals surface area contributed by atoms with E-state index in [1.807, 2.05) is 7.05 Å². The minimum Gasteiger partial charge on any atom is -0.384 e. The lowest BCUT2D eigenvalue weighted by molar-refractivity contribution is 0.178. The quantitative estimate of drug-likeness (QED) is 0.841. The van der Waals surface area contributed by atoms with Gasteiger partial charge in [-0.3, -0.25) is 0 Å². The number of likely N-dealkylation sites (N-methyl/N-ethyl adjacent to an activating group) is 1. The predicted molar refractivity (Wildman–Crippen MR) is 60.0 cm³/mol. The van der Waals surface area contributed by atoms with Gasteiger partial charge in [0.1, 0.15) is 5.82 Å². The highest BCUT2D eigenvalue weighted by Gasteiger charge is 2.12. The van der Waals surface area contributed by atoms with Gasteiger partial charge in [-0.2, -0.15) is 0 Å². The summed E-state index contributed by atoms with van der Waals surface area (Å²) in [4.78, 5) is 0. The maximum atomic E-state index is 13.0. The lowest BCUT2D eigenvalue weighted by Gasteiger charge is -2.16. The molecule has 2 nitrogen and oxygen atoms in total. The second-order valence-corrected chi connectivity index (χ2v) is 3.79. The summed E-state index contributed by atoms with van der Waals surface area (Å²) in [7, 11) is 3.52. The molecule has 0 saturated heterocycles. The molecular weight excluding hydrogens is 217 g/mol. The van der Waals surface area contributed by atoms with Gasteiger partial charge in [-0.05, 0) is 24.7 Å². The zero-order chi connectivity index (χ0) is 11.3. The second-order valence-electron chi connectivity index (χ2n) is 3.38. The zero-order valence-electron chi connectivity index (χ0n) is 8.89. The Balaban J connectivity index is 2.85. The molecule has 0 aliphatic heterocycles. The van der Waals surface area contributed by atoms with E-state index in [9.17, 15) is 4.39 Å². The van der Waals surface area contributed by atoms with Crippen molar-refractivity contribution in [2.75, 3.05) is 27.3 Å². The summed E-state index contributed by atoms with van der Waals surface area (Å²) in [6, 6.07) is 4.77. The third kappa shape index (κ3) is 3.45. The molecule has 15 heavy (non-hydrogen) atoms. The standard InChI is InChI=1S/C11H15ClFNO/c1-14-6-9(7-15-2)8-3-4-11(13)10(12)5-8/h3-5,9,14H,6-7H2,1-2H3. The summed E-state index contributed by atoms with van der Waals surface area (Å²) in [6.45, 7) is 1.36. The van der Waals surface area contributed by atoms with Gasteiger partial charge in [0, 0.05) is 19.6 Å². The Labute approximate surface area is 94.4 Å². The van der Waals surface area contributed by atoms with Crippen LogP contribution in [0.25, 0.3) is 0 Å². The molecule has 0 amide bonds. The fourth-order valence-electron chi connectivity index (χ4n) is 1.49. The number of ether oxygens (including phenoxy) is 1. The van der Waals surface area contributed by atoms with Crippen molar-refractivity contribution in [2.45, 2.75) is 5.92 Å². The summed E-state index contributed by atoms with van der Waals surface area (Å²) in [5.41, 5.74) is 0.984. The maximum Gasteiger partial charge on any atom is 0.141 e. The van der Waals surface area contributed by atoms with E-state index in [-0.39, 0.29) is 16.8 Å². The normalized spacial score (nSPS) is 12.8. The van der Waals surface area contributed by atoms with Crippen molar-refractivity contribution in [3.05, 3.63) is 34.6 Å². The third-order valence-electron chi connectivity index (χ3n) is 2.23. The Kier molecular flexibility index (Phi) is 5.02. The van der Waals surface area contributed by atoms with Gasteiger partial charge in [-0.1, -0.05) is 17.7 Å². The highest BCUT2D eigenvalue weighted by molar-refractivity contribution is 6.30. The Morgan fingerprint density at radius 1 is 1.53 bits per heavy atom. The van der Waals surface area contributed by atoms with Crippen LogP contribution in [0.1, 0.15) is 11.5 Å². The molecule has 0 bridgehead atoms. The van der Waals surface area contributed by atoms with Gasteiger partial charge in [0.15, 0.2) is 0 Å². The van der Waals surface area contributed by atoms with E-state index in [2.05, 4.69) is 5.32 Å². The van der Waals surface area contributed by atoms with Gasteiger partial charge < -0.3 is 10.1 Å². The Morgan fingerprint density at radius 3 is 2.80 bits per heavy atom. The zero-order valence-corrected chi connectivity index (χ0v) is 9.64. The number of methoxy groups -OCH3 is 1. The lowest BCUT2D eigenvalue weighted by atomic mass is 10.00. The van der Waals surface area contributed by atoms with E-state index in [1.165, 1.54) is 6.07 Å². The molecule has 0 aromatic heterocycles. The molecule has 0 fully saturated rings. The lowest BCUT2D eigenvalue weighted by Crippen LogP contribution is -2.21. The third-order valence-corrected chi connectivity index (χ3v) is 2.52. The number of hydrogen-bond acceptors (Lipinski definition) is 2. The van der Waals surface area contributed by atoms with E-state index in [0.29, 0.717) is 6.61 Å². The molecule has 1 unspecified atom stereocenters. The first-order valence-corrected chi connectivity index (χ1v) is 5.15. The van der Waals surface area contributed by atoms with Crippen LogP contribution in [0.4, 0.5) is 4.39 Å². The van der Waals surface area contributed by atoms with Crippen molar-refractivity contribution in [3.63, 3.8) is 0 Å². The fourth-order valence-corrected chi connectivity index (χ4v) is 1.68. The van der Waals surface area contributed by atoms with Crippen molar-refractivity contribution in [3.8, 4) is 0 Å². The molecule has 0 saturated carbocycles. The Bertz CT molecular complexity index is 313. The fraction of sp³-hybridized carbons (Fsp3) is 0.455. The van der Waals surface area contributed by atoms with Crippen LogP contribution < -0.4 is 5.32 Å². The Morgan fingerprint density at radius 2 is 2.27 bits per heavy atom. The first kappa shape index (κ1) is 12.4. The van der Waals surface area contributed by atoms with Crippen molar-refractivity contribution in [1.29, 1.82) is 0 Å². The highest BCUT2D eigenvalue weighted by atomic mass is 35.5. The van der Waals surface area contributed by atoms with Gasteiger partial charge in [0.2, 0.25) is 0 Å². The minimum absolute atomic E-state index is 0.157. The molecule has 0 radical (unpaired) electrons. The monoisotopic (exact) mass is 231 g/mol. The molecule has 0 spiro atoms. The van der Waals surface area contributed by atoms with Crippen molar-refractivity contribution in [1.82, 2.24) is 5.32 Å². The van der Waals surface area contributed by atoms with Crippen LogP contribution in [-0.2, 0) is 4.74 Å². The number of benzene rings is 1. The molecule has 1 rings (SSSR count). The average Bonchev–Trinajstić information content (AvgIpc) is 2.22. The van der Waals surface area contributed by atoms with Crippen LogP contribution in [0.15, 0.2) is 18.2 Å². The van der Waals surface area contributed by atoms with E-state index in [1.54, 1.807) is 19.2 Å². The highest BCUT2D eigenvalue weighted by Crippen LogP contribution is 2.22. The minimum atomic E-state index is -0.388. The van der Waals surface area contributed by atoms with E-state index >= 15 is 0 Å². The maximum absolute atomic E-state index is 13.0. The van der Waals surface area contributed by atoms with Crippen LogP contribution in [-0.4, -0.2) is 27.3 Å². The summed E-state index contributed by atoms with van der Waals surface area (Å²) >= 11 is 5.72. The van der Waals surface area contributed by atoms with Crippen LogP contribution in [0, 0.1) is 5.82 Å². The van der Waals surface area contributed by atoms with Gasteiger partial charge in [0.05, 0.1) is 11.6 Å². The molecule has 84 valence electrons. The van der Waals surface area contributed by atoms with Crippen molar-refractivity contribution >= 4 is 11.6 Å². The van der Waals surface area contributed by atoms with Crippen molar-refractivity contribution < 1.29 is 9.13 Å². The van der Waals surface area contributed by atoms with E-state index < -0.39 is 0 Å². The summed E-state index contributed by atoms with van der Waals surface area (Å²) in [6.07, 6.45) is 0. The van der Waals surface area contributed by atoms with Gasteiger partial charge in [-0.15, -0.1) is 0 Å². The van der Waals surface area contributed by atoms with E-state index in [0.717, 1.165) is 12.1 Å². The Hall–Kier alpha value is -0.640. The predicted octanol–water partition coefficient (Wildman–Crippen LogP) is 2.43. The number of rotatable bonds is 5. The first-order chi connectivity index (χ1) is 7.19. The van der Waals surface area contributed by atoms with Crippen molar-refractivity contribution in [2.24, 2.45) is 0 Å². The molecule has 1 aromatic rings. The largest absolute Gasteiger partial charge is 0.384 e. The summed E-state index contributed by atoms with van der Waals surface area (Å²) in [5.74, 6) is -0.195. The van der Waals surface area contributed by atoms with Gasteiger partial charge in [0.25, 0.3) is 0 Å². The number of nitrogens with one attached hydrogen (secondary N) is 1. The molecule has 1 aromatic carbocycles. The SMILES string of the molecule is CNCC(COC)c1ccc(F)c(Cl)c1. The van der Waals surface area contributed by atoms with Crippen LogP contribution in [0.3, 0.4) is 0 Å². The second kappa shape index (κ2) is 6.05. The molecule has 0 heterocycles. The molecule has 4 heteroatoms. The molecule has 0 aliphatic carbocycles. The van der Waals surface area contributed by atoms with Crippen LogP contribution in [0.2, 0.25) is 5.02 Å². The molecule has 1 N–H and O–H groups in total. The summed E-state index contributed by atoms with van der Waals surface area (Å²) < 4.78 is 18.1. The van der Waals surface area contributed by atoms with Gasteiger partial charge in [-0.25, -0.2) is 4.39 Å².